The van der Waals surface area contributed by atoms with Gasteiger partial charge in [0, 0.05) is 0 Å². The summed E-state index contributed by atoms with van der Waals surface area (Å²) in [7, 11) is 0. The van der Waals surface area contributed by atoms with E-state index in [4.69, 9.17) is 0 Å². The van der Waals surface area contributed by atoms with Crippen molar-refractivity contribution in [1.82, 2.24) is 0 Å². The third-order valence-corrected chi connectivity index (χ3v) is 4.18. The Kier molecular flexibility index (Phi) is 17.0. The van der Waals surface area contributed by atoms with Gasteiger partial charge < -0.3 is 0 Å². The van der Waals surface area contributed by atoms with E-state index < -0.39 is 0 Å². The van der Waals surface area contributed by atoms with Gasteiger partial charge in [-0.25, -0.2) is 0 Å². The monoisotopic (exact) mass is 306 g/mol. The van der Waals surface area contributed by atoms with Gasteiger partial charge in [0.2, 0.25) is 0 Å². The Labute approximate surface area is 118 Å². The van der Waals surface area contributed by atoms with Crippen LogP contribution < -0.4 is 0 Å². The molecular formula is C16H34Se. The van der Waals surface area contributed by atoms with Crippen LogP contribution >= 0.6 is 0 Å². The molecule has 0 heterocycles. The Morgan fingerprint density at radius 2 is 0.765 bits per heavy atom. The van der Waals surface area contributed by atoms with Gasteiger partial charge in [-0.2, -0.15) is 0 Å². The van der Waals surface area contributed by atoms with Crippen molar-refractivity contribution in [2.75, 3.05) is 0 Å². The Balaban J connectivity index is 2.85. The first-order chi connectivity index (χ1) is 8.41. The van der Waals surface area contributed by atoms with Gasteiger partial charge in [0.05, 0.1) is 0 Å². The third-order valence-electron chi connectivity index (χ3n) is 3.51. The summed E-state index contributed by atoms with van der Waals surface area (Å²) >= 11 is 2.69. The second-order valence-corrected chi connectivity index (χ2v) is 6.26. The zero-order valence-corrected chi connectivity index (χ0v) is 13.9. The van der Waals surface area contributed by atoms with E-state index in [-0.39, 0.29) is 0 Å². The molecule has 0 aliphatic rings. The summed E-state index contributed by atoms with van der Waals surface area (Å²) < 4.78 is 0. The van der Waals surface area contributed by atoms with Crippen molar-refractivity contribution in [3.05, 3.63) is 0 Å². The molecule has 0 saturated carbocycles. The summed E-state index contributed by atoms with van der Waals surface area (Å²) in [6.07, 6.45) is 20.5. The summed E-state index contributed by atoms with van der Waals surface area (Å²) in [6.45, 7) is 2.29. The molecule has 0 spiro atoms. The number of unbranched alkanes of at least 4 members (excludes halogenated alkanes) is 13. The molecule has 0 rings (SSSR count). The van der Waals surface area contributed by atoms with Crippen LogP contribution in [0.15, 0.2) is 0 Å². The number of hydrogen-bond donors (Lipinski definition) is 0. The molecule has 0 atom stereocenters. The third kappa shape index (κ3) is 16.5. The first kappa shape index (κ1) is 17.5. The normalized spacial score (nSPS) is 10.9. The van der Waals surface area contributed by atoms with E-state index >= 15 is 0 Å². The van der Waals surface area contributed by atoms with E-state index in [1.54, 1.807) is 0 Å². The molecule has 0 fully saturated rings. The van der Waals surface area contributed by atoms with Crippen LogP contribution in [0, 0.1) is 0 Å². The zero-order valence-electron chi connectivity index (χ0n) is 12.1. The van der Waals surface area contributed by atoms with Gasteiger partial charge in [0.1, 0.15) is 0 Å². The van der Waals surface area contributed by atoms with Crippen LogP contribution in [0.3, 0.4) is 0 Å². The maximum atomic E-state index is 2.69. The van der Waals surface area contributed by atoms with Gasteiger partial charge in [-0.1, -0.05) is 26.2 Å². The van der Waals surface area contributed by atoms with Crippen molar-refractivity contribution >= 4 is 16.0 Å². The molecule has 0 bridgehead atoms. The molecule has 0 N–H and O–H groups in total. The van der Waals surface area contributed by atoms with Crippen LogP contribution in [-0.2, 0) is 0 Å². The molecule has 17 heavy (non-hydrogen) atoms. The topological polar surface area (TPSA) is 0 Å². The molecule has 0 amide bonds. The number of hydrogen-bond acceptors (Lipinski definition) is 0. The summed E-state index contributed by atoms with van der Waals surface area (Å²) in [5.41, 5.74) is 0. The fourth-order valence-corrected chi connectivity index (χ4v) is 2.78. The van der Waals surface area contributed by atoms with E-state index in [0.717, 1.165) is 0 Å². The van der Waals surface area contributed by atoms with Gasteiger partial charge in [-0.15, -0.1) is 0 Å². The first-order valence-corrected chi connectivity index (χ1v) is 9.35. The minimum absolute atomic E-state index is 1.31. The summed E-state index contributed by atoms with van der Waals surface area (Å²) in [5, 5.41) is 1.31. The van der Waals surface area contributed by atoms with Crippen LogP contribution in [0.25, 0.3) is 0 Å². The second kappa shape index (κ2) is 16.5. The zero-order chi connectivity index (χ0) is 12.6. The fourth-order valence-electron chi connectivity index (χ4n) is 2.31. The minimum atomic E-state index is 1.31. The molecule has 0 aliphatic carbocycles. The SMILES string of the molecule is CCCCCCCCCCCCCCCC[SeH]. The summed E-state index contributed by atoms with van der Waals surface area (Å²) in [6, 6.07) is 0. The van der Waals surface area contributed by atoms with Gasteiger partial charge in [0.15, 0.2) is 0 Å². The van der Waals surface area contributed by atoms with Gasteiger partial charge in [-0.3, -0.25) is 0 Å². The van der Waals surface area contributed by atoms with Gasteiger partial charge >= 0.3 is 92.0 Å². The van der Waals surface area contributed by atoms with Crippen LogP contribution in [0.1, 0.15) is 96.8 Å². The van der Waals surface area contributed by atoms with E-state index in [0.29, 0.717) is 0 Å². The van der Waals surface area contributed by atoms with Crippen molar-refractivity contribution in [1.29, 1.82) is 0 Å². The van der Waals surface area contributed by atoms with Crippen molar-refractivity contribution in [2.24, 2.45) is 0 Å². The Bertz CT molecular complexity index is 109. The van der Waals surface area contributed by atoms with Gasteiger partial charge in [-0.05, 0) is 0 Å². The molecule has 0 aromatic heterocycles. The summed E-state index contributed by atoms with van der Waals surface area (Å²) in [4.78, 5) is 0. The number of rotatable bonds is 14. The molecule has 104 valence electrons. The first-order valence-electron chi connectivity index (χ1n) is 8.02. The van der Waals surface area contributed by atoms with E-state index in [1.165, 1.54) is 95.2 Å². The molecule has 0 aromatic carbocycles. The van der Waals surface area contributed by atoms with E-state index in [9.17, 15) is 0 Å². The average molecular weight is 305 g/mol. The van der Waals surface area contributed by atoms with Crippen molar-refractivity contribution in [2.45, 2.75) is 102 Å². The summed E-state index contributed by atoms with van der Waals surface area (Å²) in [5.74, 6) is 0. The molecule has 1 heteroatoms. The van der Waals surface area contributed by atoms with E-state index in [1.807, 2.05) is 0 Å². The van der Waals surface area contributed by atoms with Crippen molar-refractivity contribution < 1.29 is 0 Å². The van der Waals surface area contributed by atoms with E-state index in [2.05, 4.69) is 22.9 Å². The van der Waals surface area contributed by atoms with Crippen molar-refractivity contribution in [3.8, 4) is 0 Å². The quantitative estimate of drug-likeness (QED) is 0.281. The van der Waals surface area contributed by atoms with Crippen LogP contribution in [0.5, 0.6) is 0 Å². The Morgan fingerprint density at radius 3 is 1.06 bits per heavy atom. The molecule has 0 saturated heterocycles. The van der Waals surface area contributed by atoms with Crippen LogP contribution in [0.2, 0.25) is 5.32 Å². The second-order valence-electron chi connectivity index (χ2n) is 5.32. The van der Waals surface area contributed by atoms with Crippen LogP contribution in [0.4, 0.5) is 0 Å². The fraction of sp³-hybridized carbons (Fsp3) is 1.00. The molecular weight excluding hydrogens is 271 g/mol. The predicted octanol–water partition coefficient (Wildman–Crippen LogP) is 5.79. The molecule has 0 nitrogen and oxygen atoms in total. The molecule has 0 unspecified atom stereocenters. The Hall–Kier alpha value is 0.519. The molecule has 0 radical (unpaired) electrons. The standard InChI is InChI=1S/C16H34Se/c1-2-3-4-5-6-7-8-9-10-11-12-13-14-15-16-17/h17H,2-16H2,1H3. The Morgan fingerprint density at radius 1 is 0.471 bits per heavy atom. The van der Waals surface area contributed by atoms with Crippen molar-refractivity contribution in [3.63, 3.8) is 0 Å². The predicted molar refractivity (Wildman–Crippen MR) is 82.3 cm³/mol. The van der Waals surface area contributed by atoms with Crippen LogP contribution in [-0.4, -0.2) is 16.0 Å². The molecule has 0 aliphatic heterocycles. The maximum absolute atomic E-state index is 2.69. The molecule has 0 aromatic rings. The van der Waals surface area contributed by atoms with Gasteiger partial charge in [0.25, 0.3) is 0 Å². The average Bonchev–Trinajstić information content (AvgIpc) is 2.35.